The number of rotatable bonds is 2. The summed E-state index contributed by atoms with van der Waals surface area (Å²) in [5, 5.41) is 3.26. The minimum atomic E-state index is 0.286. The van der Waals surface area contributed by atoms with Gasteiger partial charge in [0.1, 0.15) is 23.7 Å². The molecule has 0 aliphatic carbocycles. The lowest BCUT2D eigenvalue weighted by atomic mass is 9.93. The molecular formula is C15H21NO2. The summed E-state index contributed by atoms with van der Waals surface area (Å²) in [5.41, 5.74) is 5.29. The van der Waals surface area contributed by atoms with E-state index in [-0.39, 0.29) is 12.2 Å². The third-order valence-corrected chi connectivity index (χ3v) is 3.95. The van der Waals surface area contributed by atoms with Gasteiger partial charge in [0, 0.05) is 36.1 Å². The Labute approximate surface area is 108 Å². The van der Waals surface area contributed by atoms with E-state index in [1.54, 1.807) is 0 Å². The standard InChI is InChI=1S/C15H21NO2/c1-8-5-11-10(3)14-12(6-9(2)17-14)13(7-16-4)15(11)18-8/h8-9,16H,5-7H2,1-4H3. The fourth-order valence-corrected chi connectivity index (χ4v) is 3.18. The van der Waals surface area contributed by atoms with Crippen LogP contribution < -0.4 is 14.8 Å². The first-order valence-corrected chi connectivity index (χ1v) is 6.77. The highest BCUT2D eigenvalue weighted by Gasteiger charge is 2.33. The van der Waals surface area contributed by atoms with Gasteiger partial charge in [0.25, 0.3) is 0 Å². The first-order chi connectivity index (χ1) is 8.61. The molecule has 1 N–H and O–H groups in total. The van der Waals surface area contributed by atoms with Crippen LogP contribution in [0.15, 0.2) is 0 Å². The Morgan fingerprint density at radius 3 is 2.33 bits per heavy atom. The Hall–Kier alpha value is -1.22. The van der Waals surface area contributed by atoms with E-state index in [2.05, 4.69) is 26.1 Å². The van der Waals surface area contributed by atoms with Gasteiger partial charge >= 0.3 is 0 Å². The zero-order valence-corrected chi connectivity index (χ0v) is 11.6. The summed E-state index contributed by atoms with van der Waals surface area (Å²) in [6.45, 7) is 7.29. The molecule has 3 heteroatoms. The fraction of sp³-hybridized carbons (Fsp3) is 0.600. The Morgan fingerprint density at radius 2 is 1.67 bits per heavy atom. The van der Waals surface area contributed by atoms with Gasteiger partial charge in [-0.3, -0.25) is 0 Å². The van der Waals surface area contributed by atoms with Crippen molar-refractivity contribution in [1.29, 1.82) is 0 Å². The molecule has 1 aromatic carbocycles. The van der Waals surface area contributed by atoms with Crippen LogP contribution in [0.4, 0.5) is 0 Å². The van der Waals surface area contributed by atoms with Crippen LogP contribution in [0.1, 0.15) is 36.1 Å². The van der Waals surface area contributed by atoms with Crippen molar-refractivity contribution in [2.75, 3.05) is 7.05 Å². The molecule has 2 aliphatic heterocycles. The summed E-state index contributed by atoms with van der Waals surface area (Å²) in [5.74, 6) is 2.23. The van der Waals surface area contributed by atoms with Crippen molar-refractivity contribution >= 4 is 0 Å². The second-order valence-electron chi connectivity index (χ2n) is 5.51. The normalized spacial score (nSPS) is 24.4. The maximum absolute atomic E-state index is 6.04. The summed E-state index contributed by atoms with van der Waals surface area (Å²) in [6, 6.07) is 0. The second kappa shape index (κ2) is 4.16. The molecule has 3 nitrogen and oxygen atoms in total. The molecule has 2 aliphatic rings. The number of hydrogen-bond donors (Lipinski definition) is 1. The molecule has 0 saturated carbocycles. The van der Waals surface area contributed by atoms with Crippen LogP contribution in [-0.4, -0.2) is 19.3 Å². The third-order valence-electron chi connectivity index (χ3n) is 3.95. The summed E-state index contributed by atoms with van der Waals surface area (Å²) < 4.78 is 12.0. The predicted octanol–water partition coefficient (Wildman–Crippen LogP) is 2.36. The van der Waals surface area contributed by atoms with E-state index in [1.165, 1.54) is 22.3 Å². The average molecular weight is 247 g/mol. The first-order valence-electron chi connectivity index (χ1n) is 6.77. The van der Waals surface area contributed by atoms with E-state index >= 15 is 0 Å². The van der Waals surface area contributed by atoms with Crippen LogP contribution in [-0.2, 0) is 19.4 Å². The van der Waals surface area contributed by atoms with E-state index in [0.717, 1.165) is 30.9 Å². The third kappa shape index (κ3) is 1.61. The van der Waals surface area contributed by atoms with Gasteiger partial charge in [-0.15, -0.1) is 0 Å². The zero-order valence-electron chi connectivity index (χ0n) is 11.6. The molecule has 0 bridgehead atoms. The maximum Gasteiger partial charge on any atom is 0.128 e. The molecule has 0 spiro atoms. The van der Waals surface area contributed by atoms with Gasteiger partial charge in [0.2, 0.25) is 0 Å². The van der Waals surface area contributed by atoms with Crippen molar-refractivity contribution in [3.05, 3.63) is 22.3 Å². The number of benzene rings is 1. The summed E-state index contributed by atoms with van der Waals surface area (Å²) in [6.07, 6.45) is 2.57. The van der Waals surface area contributed by atoms with Crippen LogP contribution in [0.5, 0.6) is 11.5 Å². The van der Waals surface area contributed by atoms with Gasteiger partial charge in [0.05, 0.1) is 0 Å². The molecule has 2 heterocycles. The van der Waals surface area contributed by atoms with Gasteiger partial charge < -0.3 is 14.8 Å². The molecule has 1 aromatic rings. The van der Waals surface area contributed by atoms with Crippen LogP contribution >= 0.6 is 0 Å². The van der Waals surface area contributed by atoms with Gasteiger partial charge in [0.15, 0.2) is 0 Å². The van der Waals surface area contributed by atoms with Crippen molar-refractivity contribution in [2.45, 2.75) is 52.4 Å². The van der Waals surface area contributed by atoms with E-state index < -0.39 is 0 Å². The Bertz CT molecular complexity index is 457. The van der Waals surface area contributed by atoms with Crippen molar-refractivity contribution in [3.63, 3.8) is 0 Å². The van der Waals surface area contributed by atoms with Gasteiger partial charge in [-0.1, -0.05) is 0 Å². The molecule has 0 radical (unpaired) electrons. The topological polar surface area (TPSA) is 30.5 Å². The van der Waals surface area contributed by atoms with Crippen molar-refractivity contribution in [3.8, 4) is 11.5 Å². The summed E-state index contributed by atoms with van der Waals surface area (Å²) in [4.78, 5) is 0. The van der Waals surface area contributed by atoms with E-state index in [0.29, 0.717) is 0 Å². The fourth-order valence-electron chi connectivity index (χ4n) is 3.18. The average Bonchev–Trinajstić information content (AvgIpc) is 2.88. The van der Waals surface area contributed by atoms with Crippen molar-refractivity contribution in [1.82, 2.24) is 5.32 Å². The van der Waals surface area contributed by atoms with Crippen molar-refractivity contribution < 1.29 is 9.47 Å². The minimum Gasteiger partial charge on any atom is -0.490 e. The molecule has 2 unspecified atom stereocenters. The van der Waals surface area contributed by atoms with Crippen LogP contribution in [0.2, 0.25) is 0 Å². The molecule has 0 fully saturated rings. The van der Waals surface area contributed by atoms with Gasteiger partial charge in [-0.05, 0) is 33.4 Å². The minimum absolute atomic E-state index is 0.286. The molecule has 0 amide bonds. The number of nitrogens with one attached hydrogen (secondary N) is 1. The largest absolute Gasteiger partial charge is 0.490 e. The lowest BCUT2D eigenvalue weighted by Crippen LogP contribution is -2.11. The monoisotopic (exact) mass is 247 g/mol. The number of fused-ring (bicyclic) bond motifs is 2. The molecule has 0 aromatic heterocycles. The SMILES string of the molecule is CNCc1c2c(c(C)c3c1OC(C)C3)OC(C)C2. The van der Waals surface area contributed by atoms with Crippen LogP contribution in [0.3, 0.4) is 0 Å². The van der Waals surface area contributed by atoms with Crippen molar-refractivity contribution in [2.24, 2.45) is 0 Å². The Balaban J connectivity index is 2.19. The maximum atomic E-state index is 6.04. The highest BCUT2D eigenvalue weighted by Crippen LogP contribution is 2.46. The second-order valence-corrected chi connectivity index (χ2v) is 5.51. The quantitative estimate of drug-likeness (QED) is 0.870. The molecule has 98 valence electrons. The zero-order chi connectivity index (χ0) is 12.9. The molecule has 0 saturated heterocycles. The lowest BCUT2D eigenvalue weighted by Gasteiger charge is -2.15. The summed E-state index contributed by atoms with van der Waals surface area (Å²) >= 11 is 0. The molecule has 2 atom stereocenters. The number of hydrogen-bond acceptors (Lipinski definition) is 3. The van der Waals surface area contributed by atoms with E-state index in [4.69, 9.17) is 9.47 Å². The van der Waals surface area contributed by atoms with Gasteiger partial charge in [-0.25, -0.2) is 0 Å². The summed E-state index contributed by atoms with van der Waals surface area (Å²) in [7, 11) is 1.98. The molecule has 3 rings (SSSR count). The molecule has 18 heavy (non-hydrogen) atoms. The predicted molar refractivity (Wildman–Crippen MR) is 71.5 cm³/mol. The number of ether oxygens (including phenoxy) is 2. The molecular weight excluding hydrogens is 226 g/mol. The van der Waals surface area contributed by atoms with Gasteiger partial charge in [-0.2, -0.15) is 0 Å². The van der Waals surface area contributed by atoms with E-state index in [1.807, 2.05) is 7.05 Å². The Morgan fingerprint density at radius 1 is 1.06 bits per heavy atom. The highest BCUT2D eigenvalue weighted by molar-refractivity contribution is 5.62. The van der Waals surface area contributed by atoms with Crippen LogP contribution in [0.25, 0.3) is 0 Å². The highest BCUT2D eigenvalue weighted by atomic mass is 16.5. The lowest BCUT2D eigenvalue weighted by molar-refractivity contribution is 0.251. The van der Waals surface area contributed by atoms with Crippen LogP contribution in [0, 0.1) is 6.92 Å². The smallest absolute Gasteiger partial charge is 0.128 e. The Kier molecular flexibility index (Phi) is 2.74. The first kappa shape index (κ1) is 11.8. The van der Waals surface area contributed by atoms with E-state index in [9.17, 15) is 0 Å².